The number of piperidine rings is 1. The molecule has 134 valence electrons. The topological polar surface area (TPSA) is 78.1 Å². The average Bonchev–Trinajstić information content (AvgIpc) is 2.58. The van der Waals surface area contributed by atoms with Crippen LogP contribution < -0.4 is 10.9 Å². The Balaban J connectivity index is 1.58. The fourth-order valence-electron chi connectivity index (χ4n) is 3.53. The molecule has 25 heavy (non-hydrogen) atoms. The van der Waals surface area contributed by atoms with Gasteiger partial charge in [0.2, 0.25) is 0 Å². The first-order valence-electron chi connectivity index (χ1n) is 9.04. The minimum atomic E-state index is -0.361. The SMILES string of the molecule is Cc1nccc2[nH]c(=O)c(C(=O)NCCCN3CCCC(C)C3)cc12. The second-order valence-electron chi connectivity index (χ2n) is 7.03. The second kappa shape index (κ2) is 7.78. The van der Waals surface area contributed by atoms with Crippen molar-refractivity contribution in [3.05, 3.63) is 39.9 Å². The van der Waals surface area contributed by atoms with E-state index in [4.69, 9.17) is 0 Å². The predicted molar refractivity (Wildman–Crippen MR) is 98.9 cm³/mol. The Morgan fingerprint density at radius 3 is 3.12 bits per heavy atom. The Labute approximate surface area is 147 Å². The average molecular weight is 342 g/mol. The Bertz CT molecular complexity index is 815. The first kappa shape index (κ1) is 17.6. The molecule has 0 aliphatic carbocycles. The summed E-state index contributed by atoms with van der Waals surface area (Å²) in [4.78, 5) is 33.9. The number of aromatic nitrogens is 2. The zero-order valence-electron chi connectivity index (χ0n) is 15.0. The highest BCUT2D eigenvalue weighted by molar-refractivity contribution is 5.97. The van der Waals surface area contributed by atoms with Crippen LogP contribution in [-0.2, 0) is 0 Å². The van der Waals surface area contributed by atoms with Crippen molar-refractivity contribution in [3.63, 3.8) is 0 Å². The maximum absolute atomic E-state index is 12.4. The van der Waals surface area contributed by atoms with Gasteiger partial charge in [-0.25, -0.2) is 0 Å². The molecule has 0 aromatic carbocycles. The number of fused-ring (bicyclic) bond motifs is 1. The number of rotatable bonds is 5. The van der Waals surface area contributed by atoms with Crippen LogP contribution in [-0.4, -0.2) is 47.0 Å². The zero-order chi connectivity index (χ0) is 17.8. The van der Waals surface area contributed by atoms with Crippen molar-refractivity contribution in [1.82, 2.24) is 20.2 Å². The molecule has 2 aromatic rings. The summed E-state index contributed by atoms with van der Waals surface area (Å²) in [6, 6.07) is 3.38. The summed E-state index contributed by atoms with van der Waals surface area (Å²) in [5.41, 5.74) is 1.28. The molecule has 3 rings (SSSR count). The lowest BCUT2D eigenvalue weighted by Crippen LogP contribution is -2.37. The summed E-state index contributed by atoms with van der Waals surface area (Å²) in [5.74, 6) is 0.440. The van der Waals surface area contributed by atoms with Gasteiger partial charge in [-0.05, 0) is 57.3 Å². The number of amides is 1. The Hall–Kier alpha value is -2.21. The summed E-state index contributed by atoms with van der Waals surface area (Å²) in [7, 11) is 0. The van der Waals surface area contributed by atoms with Gasteiger partial charge in [0.25, 0.3) is 11.5 Å². The third-order valence-electron chi connectivity index (χ3n) is 4.89. The van der Waals surface area contributed by atoms with Gasteiger partial charge in [-0.2, -0.15) is 0 Å². The van der Waals surface area contributed by atoms with Crippen LogP contribution >= 0.6 is 0 Å². The van der Waals surface area contributed by atoms with Crippen LogP contribution in [0.15, 0.2) is 23.1 Å². The second-order valence-corrected chi connectivity index (χ2v) is 7.03. The van der Waals surface area contributed by atoms with E-state index >= 15 is 0 Å². The van der Waals surface area contributed by atoms with E-state index in [0.717, 1.165) is 43.1 Å². The molecular weight excluding hydrogens is 316 g/mol. The van der Waals surface area contributed by atoms with Crippen LogP contribution in [0.25, 0.3) is 10.9 Å². The Morgan fingerprint density at radius 2 is 2.32 bits per heavy atom. The van der Waals surface area contributed by atoms with E-state index in [1.54, 1.807) is 18.3 Å². The van der Waals surface area contributed by atoms with Gasteiger partial charge in [-0.15, -0.1) is 0 Å². The maximum Gasteiger partial charge on any atom is 0.261 e. The number of nitrogens with one attached hydrogen (secondary N) is 2. The van der Waals surface area contributed by atoms with Crippen LogP contribution in [0.1, 0.15) is 42.2 Å². The summed E-state index contributed by atoms with van der Waals surface area (Å²) >= 11 is 0. The molecule has 1 fully saturated rings. The van der Waals surface area contributed by atoms with Crippen LogP contribution in [0.3, 0.4) is 0 Å². The van der Waals surface area contributed by atoms with E-state index < -0.39 is 0 Å². The highest BCUT2D eigenvalue weighted by Gasteiger charge is 2.16. The lowest BCUT2D eigenvalue weighted by Gasteiger charge is -2.30. The first-order valence-corrected chi connectivity index (χ1v) is 9.04. The smallest absolute Gasteiger partial charge is 0.261 e. The van der Waals surface area contributed by atoms with Crippen LogP contribution in [0.5, 0.6) is 0 Å². The summed E-state index contributed by atoms with van der Waals surface area (Å²) < 4.78 is 0. The molecule has 2 N–H and O–H groups in total. The van der Waals surface area contributed by atoms with Gasteiger partial charge in [0.05, 0.1) is 5.52 Å². The number of hydrogen-bond donors (Lipinski definition) is 2. The van der Waals surface area contributed by atoms with Gasteiger partial charge >= 0.3 is 0 Å². The van der Waals surface area contributed by atoms with Crippen molar-refractivity contribution in [2.45, 2.75) is 33.1 Å². The van der Waals surface area contributed by atoms with E-state index in [9.17, 15) is 9.59 Å². The zero-order valence-corrected chi connectivity index (χ0v) is 15.0. The fourth-order valence-corrected chi connectivity index (χ4v) is 3.53. The Morgan fingerprint density at radius 1 is 1.48 bits per heavy atom. The normalized spacial score (nSPS) is 18.4. The number of nitrogens with zero attached hydrogens (tertiary/aromatic N) is 2. The molecule has 1 aliphatic heterocycles. The van der Waals surface area contributed by atoms with Crippen molar-refractivity contribution >= 4 is 16.8 Å². The number of pyridine rings is 2. The van der Waals surface area contributed by atoms with E-state index in [1.165, 1.54) is 12.8 Å². The van der Waals surface area contributed by atoms with Crippen molar-refractivity contribution in [2.24, 2.45) is 5.92 Å². The van der Waals surface area contributed by atoms with Gasteiger partial charge in [-0.3, -0.25) is 14.6 Å². The minimum absolute atomic E-state index is 0.148. The third-order valence-corrected chi connectivity index (χ3v) is 4.89. The van der Waals surface area contributed by atoms with Gasteiger partial charge < -0.3 is 15.2 Å². The maximum atomic E-state index is 12.4. The monoisotopic (exact) mass is 342 g/mol. The molecule has 0 bridgehead atoms. The summed E-state index contributed by atoms with van der Waals surface area (Å²) in [5, 5.41) is 3.67. The molecule has 0 radical (unpaired) electrons. The number of aromatic amines is 1. The van der Waals surface area contributed by atoms with E-state index in [2.05, 4.69) is 27.1 Å². The highest BCUT2D eigenvalue weighted by atomic mass is 16.2. The summed E-state index contributed by atoms with van der Waals surface area (Å²) in [6.07, 6.45) is 5.11. The first-order chi connectivity index (χ1) is 12.0. The number of likely N-dealkylation sites (tertiary alicyclic amines) is 1. The summed E-state index contributed by atoms with van der Waals surface area (Å²) in [6.45, 7) is 8.01. The molecule has 1 atom stereocenters. The van der Waals surface area contributed by atoms with Gasteiger partial charge in [0, 0.05) is 30.4 Å². The molecule has 3 heterocycles. The number of H-pyrrole nitrogens is 1. The van der Waals surface area contributed by atoms with E-state index in [-0.39, 0.29) is 17.0 Å². The Kier molecular flexibility index (Phi) is 5.48. The van der Waals surface area contributed by atoms with Crippen LogP contribution in [0, 0.1) is 12.8 Å². The molecule has 1 unspecified atom stereocenters. The molecule has 0 saturated carbocycles. The lowest BCUT2D eigenvalue weighted by atomic mass is 10.0. The molecule has 6 heteroatoms. The quantitative estimate of drug-likeness (QED) is 0.816. The molecular formula is C19H26N4O2. The molecule has 0 spiro atoms. The number of carbonyl (C=O) groups excluding carboxylic acids is 1. The third kappa shape index (κ3) is 4.25. The molecule has 1 aliphatic rings. The fraction of sp³-hybridized carbons (Fsp3) is 0.526. The minimum Gasteiger partial charge on any atom is -0.352 e. The molecule has 2 aromatic heterocycles. The van der Waals surface area contributed by atoms with E-state index in [1.807, 2.05) is 6.92 Å². The van der Waals surface area contributed by atoms with Crippen molar-refractivity contribution in [2.75, 3.05) is 26.2 Å². The van der Waals surface area contributed by atoms with Gasteiger partial charge in [0.1, 0.15) is 5.56 Å². The molecule has 1 amide bonds. The number of hydrogen-bond acceptors (Lipinski definition) is 4. The predicted octanol–water partition coefficient (Wildman–Crippen LogP) is 2.08. The van der Waals surface area contributed by atoms with Crippen LogP contribution in [0.4, 0.5) is 0 Å². The van der Waals surface area contributed by atoms with Gasteiger partial charge in [-0.1, -0.05) is 6.92 Å². The van der Waals surface area contributed by atoms with Crippen molar-refractivity contribution in [3.8, 4) is 0 Å². The van der Waals surface area contributed by atoms with Gasteiger partial charge in [0.15, 0.2) is 0 Å². The lowest BCUT2D eigenvalue weighted by molar-refractivity contribution is 0.0948. The van der Waals surface area contributed by atoms with Crippen molar-refractivity contribution in [1.29, 1.82) is 0 Å². The van der Waals surface area contributed by atoms with Crippen molar-refractivity contribution < 1.29 is 4.79 Å². The van der Waals surface area contributed by atoms with Crippen LogP contribution in [0.2, 0.25) is 0 Å². The molecule has 1 saturated heterocycles. The number of carbonyl (C=O) groups is 1. The van der Waals surface area contributed by atoms with E-state index in [0.29, 0.717) is 12.1 Å². The largest absolute Gasteiger partial charge is 0.352 e. The number of aryl methyl sites for hydroxylation is 1. The molecule has 6 nitrogen and oxygen atoms in total. The highest BCUT2D eigenvalue weighted by Crippen LogP contribution is 2.15. The standard InChI is InChI=1S/C19H26N4O2/c1-13-5-3-9-23(12-13)10-4-7-21-18(24)16-11-15-14(2)20-8-6-17(15)22-19(16)25/h6,8,11,13H,3-5,7,9-10,12H2,1-2H3,(H,21,24)(H,22,25).